The van der Waals surface area contributed by atoms with Crippen molar-refractivity contribution in [2.75, 3.05) is 19.7 Å². The third-order valence-corrected chi connectivity index (χ3v) is 3.59. The number of aliphatic hydroxyl groups is 1. The number of ether oxygens (including phenoxy) is 1. The second kappa shape index (κ2) is 6.09. The van der Waals surface area contributed by atoms with Gasteiger partial charge in [-0.15, -0.1) is 0 Å². The molecule has 110 valence electrons. The number of carbonyl (C=O) groups is 1. The Bertz CT molecular complexity index is 453. The number of pyridine rings is 1. The van der Waals surface area contributed by atoms with Crippen LogP contribution in [0.3, 0.4) is 0 Å². The number of hydrogen-bond acceptors (Lipinski definition) is 4. The van der Waals surface area contributed by atoms with E-state index in [4.69, 9.17) is 9.84 Å². The predicted octanol–water partition coefficient (Wildman–Crippen LogP) is 1.83. The van der Waals surface area contributed by atoms with Gasteiger partial charge in [-0.2, -0.15) is 0 Å². The molecule has 1 aliphatic heterocycles. The molecule has 0 saturated carbocycles. The summed E-state index contributed by atoms with van der Waals surface area (Å²) in [5.74, 6) is 0.544. The van der Waals surface area contributed by atoms with Gasteiger partial charge in [0.1, 0.15) is 0 Å². The maximum atomic E-state index is 10.9. The first kappa shape index (κ1) is 14.6. The van der Waals surface area contributed by atoms with E-state index in [1.54, 1.807) is 18.3 Å². The lowest BCUT2D eigenvalue weighted by molar-refractivity contribution is -0.0216. The minimum atomic E-state index is -0.998. The molecule has 1 aromatic rings. The number of nitrogens with zero attached hydrogens (tertiary/aromatic N) is 2. The van der Waals surface area contributed by atoms with Crippen LogP contribution in [0.2, 0.25) is 0 Å². The van der Waals surface area contributed by atoms with Gasteiger partial charge in [0.2, 0.25) is 5.88 Å². The molecule has 1 aromatic heterocycles. The number of amides is 1. The Labute approximate surface area is 118 Å². The Morgan fingerprint density at radius 2 is 2.15 bits per heavy atom. The SMILES string of the molecule is CCCOc1ccc(C2(O)CCN(C(=O)O)CC2)cn1. The van der Waals surface area contributed by atoms with E-state index in [9.17, 15) is 9.90 Å². The van der Waals surface area contributed by atoms with Crippen molar-refractivity contribution < 1.29 is 19.7 Å². The molecule has 0 atom stereocenters. The minimum Gasteiger partial charge on any atom is -0.478 e. The number of piperidine rings is 1. The fourth-order valence-corrected chi connectivity index (χ4v) is 2.30. The summed E-state index contributed by atoms with van der Waals surface area (Å²) in [6.07, 6.45) is 2.36. The maximum Gasteiger partial charge on any atom is 0.407 e. The summed E-state index contributed by atoms with van der Waals surface area (Å²) in [5.41, 5.74) is -0.284. The lowest BCUT2D eigenvalue weighted by atomic mass is 9.85. The Morgan fingerprint density at radius 3 is 2.65 bits per heavy atom. The molecule has 2 rings (SSSR count). The van der Waals surface area contributed by atoms with Crippen molar-refractivity contribution in [2.45, 2.75) is 31.8 Å². The third kappa shape index (κ3) is 3.19. The molecular weight excluding hydrogens is 260 g/mol. The van der Waals surface area contributed by atoms with Crippen molar-refractivity contribution in [3.05, 3.63) is 23.9 Å². The van der Waals surface area contributed by atoms with Gasteiger partial charge in [0.05, 0.1) is 12.2 Å². The zero-order valence-electron chi connectivity index (χ0n) is 11.6. The van der Waals surface area contributed by atoms with Crippen LogP contribution in [0.25, 0.3) is 0 Å². The number of likely N-dealkylation sites (tertiary alicyclic amines) is 1. The van der Waals surface area contributed by atoms with E-state index in [0.29, 0.717) is 44.0 Å². The average molecular weight is 280 g/mol. The van der Waals surface area contributed by atoms with Gasteiger partial charge < -0.3 is 19.8 Å². The molecule has 2 heterocycles. The van der Waals surface area contributed by atoms with Crippen LogP contribution in [0.15, 0.2) is 18.3 Å². The second-order valence-corrected chi connectivity index (χ2v) is 5.03. The molecule has 0 aromatic carbocycles. The van der Waals surface area contributed by atoms with E-state index in [-0.39, 0.29) is 0 Å². The van der Waals surface area contributed by atoms with Crippen molar-refractivity contribution >= 4 is 6.09 Å². The van der Waals surface area contributed by atoms with Gasteiger partial charge in [0.15, 0.2) is 0 Å². The normalized spacial score (nSPS) is 17.8. The fraction of sp³-hybridized carbons (Fsp3) is 0.571. The van der Waals surface area contributed by atoms with Gasteiger partial charge in [-0.05, 0) is 25.3 Å². The Kier molecular flexibility index (Phi) is 4.44. The van der Waals surface area contributed by atoms with E-state index in [2.05, 4.69) is 4.98 Å². The van der Waals surface area contributed by atoms with Gasteiger partial charge in [0.25, 0.3) is 0 Å². The molecule has 0 aliphatic carbocycles. The van der Waals surface area contributed by atoms with Crippen molar-refractivity contribution in [1.82, 2.24) is 9.88 Å². The molecule has 1 saturated heterocycles. The van der Waals surface area contributed by atoms with Crippen molar-refractivity contribution in [1.29, 1.82) is 0 Å². The predicted molar refractivity (Wildman–Crippen MR) is 72.8 cm³/mol. The Morgan fingerprint density at radius 1 is 1.45 bits per heavy atom. The van der Waals surface area contributed by atoms with Gasteiger partial charge in [0, 0.05) is 30.9 Å². The van der Waals surface area contributed by atoms with Gasteiger partial charge in [-0.3, -0.25) is 0 Å². The van der Waals surface area contributed by atoms with E-state index in [1.165, 1.54) is 4.90 Å². The molecule has 2 N–H and O–H groups in total. The number of aromatic nitrogens is 1. The molecule has 1 aliphatic rings. The zero-order valence-corrected chi connectivity index (χ0v) is 11.6. The summed E-state index contributed by atoms with van der Waals surface area (Å²) in [6.45, 7) is 3.30. The maximum absolute atomic E-state index is 10.9. The van der Waals surface area contributed by atoms with Crippen molar-refractivity contribution in [3.8, 4) is 5.88 Å². The number of carboxylic acid groups (broad SMARTS) is 1. The monoisotopic (exact) mass is 280 g/mol. The largest absolute Gasteiger partial charge is 0.478 e. The van der Waals surface area contributed by atoms with Crippen LogP contribution < -0.4 is 4.74 Å². The minimum absolute atomic E-state index is 0.333. The molecule has 0 spiro atoms. The number of hydrogen-bond donors (Lipinski definition) is 2. The van der Waals surface area contributed by atoms with Crippen LogP contribution in [0.5, 0.6) is 5.88 Å². The summed E-state index contributed by atoms with van der Waals surface area (Å²) >= 11 is 0. The first-order valence-corrected chi connectivity index (χ1v) is 6.85. The quantitative estimate of drug-likeness (QED) is 0.879. The standard InChI is InChI=1S/C14H20N2O4/c1-2-9-20-12-4-3-11(10-15-12)14(19)5-7-16(8-6-14)13(17)18/h3-4,10,19H,2,5-9H2,1H3,(H,17,18). The smallest absolute Gasteiger partial charge is 0.407 e. The highest BCUT2D eigenvalue weighted by molar-refractivity contribution is 5.65. The van der Waals surface area contributed by atoms with Crippen LogP contribution in [0, 0.1) is 0 Å². The lowest BCUT2D eigenvalue weighted by Crippen LogP contribution is -2.44. The molecule has 1 amide bonds. The molecule has 0 radical (unpaired) electrons. The first-order chi connectivity index (χ1) is 9.55. The van der Waals surface area contributed by atoms with E-state index in [1.807, 2.05) is 6.92 Å². The number of rotatable bonds is 4. The molecule has 20 heavy (non-hydrogen) atoms. The highest BCUT2D eigenvalue weighted by atomic mass is 16.5. The summed E-state index contributed by atoms with van der Waals surface area (Å²) in [7, 11) is 0. The molecule has 1 fully saturated rings. The molecule has 0 bridgehead atoms. The van der Waals surface area contributed by atoms with Crippen LogP contribution >= 0.6 is 0 Å². The molecular formula is C14H20N2O4. The van der Waals surface area contributed by atoms with Gasteiger partial charge in [-0.25, -0.2) is 9.78 Å². The van der Waals surface area contributed by atoms with Gasteiger partial charge >= 0.3 is 6.09 Å². The first-order valence-electron chi connectivity index (χ1n) is 6.85. The van der Waals surface area contributed by atoms with Gasteiger partial charge in [-0.1, -0.05) is 6.92 Å². The van der Waals surface area contributed by atoms with Crippen LogP contribution in [-0.2, 0) is 5.60 Å². The average Bonchev–Trinajstić information content (AvgIpc) is 2.46. The Balaban J connectivity index is 2.02. The molecule has 6 heteroatoms. The van der Waals surface area contributed by atoms with Crippen molar-refractivity contribution in [3.63, 3.8) is 0 Å². The third-order valence-electron chi connectivity index (χ3n) is 3.59. The fourth-order valence-electron chi connectivity index (χ4n) is 2.30. The highest BCUT2D eigenvalue weighted by Crippen LogP contribution is 2.32. The van der Waals surface area contributed by atoms with E-state index < -0.39 is 11.7 Å². The molecule has 6 nitrogen and oxygen atoms in total. The summed E-state index contributed by atoms with van der Waals surface area (Å²) in [6, 6.07) is 3.54. The van der Waals surface area contributed by atoms with Crippen molar-refractivity contribution in [2.24, 2.45) is 0 Å². The zero-order chi connectivity index (χ0) is 14.6. The molecule has 0 unspecified atom stereocenters. The van der Waals surface area contributed by atoms with E-state index in [0.717, 1.165) is 6.42 Å². The van der Waals surface area contributed by atoms with Crippen LogP contribution in [0.1, 0.15) is 31.7 Å². The summed E-state index contributed by atoms with van der Waals surface area (Å²) in [4.78, 5) is 16.4. The topological polar surface area (TPSA) is 82.9 Å². The lowest BCUT2D eigenvalue weighted by Gasteiger charge is -2.37. The highest BCUT2D eigenvalue weighted by Gasteiger charge is 2.35. The summed E-state index contributed by atoms with van der Waals surface area (Å²) in [5, 5.41) is 19.5. The van der Waals surface area contributed by atoms with Crippen LogP contribution in [0.4, 0.5) is 4.79 Å². The second-order valence-electron chi connectivity index (χ2n) is 5.03. The van der Waals surface area contributed by atoms with E-state index >= 15 is 0 Å². The Hall–Kier alpha value is -1.82. The summed E-state index contributed by atoms with van der Waals surface area (Å²) < 4.78 is 5.40. The van der Waals surface area contributed by atoms with Crippen LogP contribution in [-0.4, -0.2) is 45.9 Å².